The largest absolute Gasteiger partial charge is 0.299 e. The average molecular weight is 253 g/mol. The predicted molar refractivity (Wildman–Crippen MR) is 59.8 cm³/mol. The molecule has 1 atom stereocenters. The van der Waals surface area contributed by atoms with Crippen LogP contribution in [0, 0.1) is 0 Å². The lowest BCUT2D eigenvalue weighted by atomic mass is 9.94. The van der Waals surface area contributed by atoms with Crippen molar-refractivity contribution in [1.82, 2.24) is 4.31 Å². The summed E-state index contributed by atoms with van der Waals surface area (Å²) in [7, 11) is -2.63. The highest BCUT2D eigenvalue weighted by atomic mass is 32.2. The lowest BCUT2D eigenvalue weighted by Crippen LogP contribution is -2.43. The molecule has 17 heavy (non-hydrogen) atoms. The number of hydrogen-bond donors (Lipinski definition) is 0. The van der Waals surface area contributed by atoms with E-state index in [0.717, 1.165) is 0 Å². The zero-order valence-corrected chi connectivity index (χ0v) is 10.2. The molecule has 1 aliphatic heterocycles. The average Bonchev–Trinajstić information content (AvgIpc) is 2.26. The van der Waals surface area contributed by atoms with Gasteiger partial charge in [0.25, 0.3) is 15.9 Å². The lowest BCUT2D eigenvalue weighted by Gasteiger charge is -2.29. The third-order valence-corrected chi connectivity index (χ3v) is 4.66. The summed E-state index contributed by atoms with van der Waals surface area (Å²) in [5.74, 6) is -2.07. The van der Waals surface area contributed by atoms with Gasteiger partial charge in [-0.05, 0) is 18.6 Å². The van der Waals surface area contributed by atoms with Gasteiger partial charge in [-0.2, -0.15) is 0 Å². The quantitative estimate of drug-likeness (QED) is 0.684. The molecule has 0 spiro atoms. The summed E-state index contributed by atoms with van der Waals surface area (Å²) in [5, 5.41) is 0. The van der Waals surface area contributed by atoms with E-state index in [9.17, 15) is 18.0 Å². The minimum atomic E-state index is -3.80. The van der Waals surface area contributed by atoms with Crippen molar-refractivity contribution in [2.24, 2.45) is 0 Å². The fraction of sp³-hybridized carbons (Fsp3) is 0.273. The smallest absolute Gasteiger partial charge is 0.266 e. The number of hydrogen-bond acceptors (Lipinski definition) is 4. The molecule has 0 saturated heterocycles. The van der Waals surface area contributed by atoms with Crippen LogP contribution in [0.5, 0.6) is 0 Å². The first-order chi connectivity index (χ1) is 7.87. The van der Waals surface area contributed by atoms with Crippen LogP contribution >= 0.6 is 0 Å². The molecule has 2 rings (SSSR count). The minimum absolute atomic E-state index is 0.0299. The molecule has 0 fully saturated rings. The first-order valence-electron chi connectivity index (χ1n) is 4.99. The molecule has 1 amide bonds. The molecule has 1 unspecified atom stereocenters. The van der Waals surface area contributed by atoms with Crippen LogP contribution in [0.2, 0.25) is 0 Å². The number of amides is 1. The topological polar surface area (TPSA) is 71.5 Å². The van der Waals surface area contributed by atoms with Gasteiger partial charge in [-0.3, -0.25) is 9.59 Å². The molecule has 1 aromatic rings. The van der Waals surface area contributed by atoms with Crippen molar-refractivity contribution in [2.45, 2.75) is 17.7 Å². The Bertz CT molecular complexity index is 606. The maximum Gasteiger partial charge on any atom is 0.266 e. The van der Waals surface area contributed by atoms with Crippen molar-refractivity contribution in [3.63, 3.8) is 0 Å². The van der Waals surface area contributed by atoms with Crippen LogP contribution in [0.4, 0.5) is 0 Å². The number of carbonyl (C=O) groups excluding carboxylic acids is 2. The summed E-state index contributed by atoms with van der Waals surface area (Å²) < 4.78 is 24.6. The molecule has 0 aromatic heterocycles. The van der Waals surface area contributed by atoms with E-state index in [4.69, 9.17) is 0 Å². The Balaban J connectivity index is 2.79. The Morgan fingerprint density at radius 1 is 1.29 bits per heavy atom. The monoisotopic (exact) mass is 253 g/mol. The highest BCUT2D eigenvalue weighted by Gasteiger charge is 2.42. The summed E-state index contributed by atoms with van der Waals surface area (Å²) in [5.41, 5.74) is 0.267. The zero-order valence-electron chi connectivity index (χ0n) is 9.38. The van der Waals surface area contributed by atoms with Gasteiger partial charge >= 0.3 is 0 Å². The van der Waals surface area contributed by atoms with Crippen molar-refractivity contribution in [3.05, 3.63) is 29.8 Å². The molecule has 0 aliphatic carbocycles. The standard InChI is InChI=1S/C11H11NO4S/c1-7(13)10-8-5-3-4-6-9(8)17(15,16)12(2)11(10)14/h3-6,10H,1-2H3. The third kappa shape index (κ3) is 1.56. The van der Waals surface area contributed by atoms with Gasteiger partial charge in [0.2, 0.25) is 0 Å². The minimum Gasteiger partial charge on any atom is -0.299 e. The van der Waals surface area contributed by atoms with E-state index < -0.39 is 21.8 Å². The molecule has 1 heterocycles. The van der Waals surface area contributed by atoms with Gasteiger partial charge < -0.3 is 0 Å². The van der Waals surface area contributed by atoms with E-state index in [1.807, 2.05) is 0 Å². The summed E-state index contributed by atoms with van der Waals surface area (Å²) >= 11 is 0. The van der Waals surface area contributed by atoms with Crippen LogP contribution in [-0.4, -0.2) is 31.5 Å². The number of Topliss-reactive ketones (excluding diaryl/α,β-unsaturated/α-hetero) is 1. The van der Waals surface area contributed by atoms with Crippen molar-refractivity contribution in [3.8, 4) is 0 Å². The number of carbonyl (C=O) groups is 2. The second-order valence-electron chi connectivity index (χ2n) is 3.89. The number of fused-ring (bicyclic) bond motifs is 1. The number of rotatable bonds is 1. The maximum absolute atomic E-state index is 12.0. The van der Waals surface area contributed by atoms with E-state index in [1.165, 1.54) is 26.1 Å². The van der Waals surface area contributed by atoms with E-state index >= 15 is 0 Å². The molecule has 6 heteroatoms. The highest BCUT2D eigenvalue weighted by Crippen LogP contribution is 2.33. The van der Waals surface area contributed by atoms with Crippen molar-refractivity contribution in [1.29, 1.82) is 0 Å². The Morgan fingerprint density at radius 3 is 2.47 bits per heavy atom. The molecular formula is C11H11NO4S. The second-order valence-corrected chi connectivity index (χ2v) is 5.83. The molecule has 0 saturated carbocycles. The molecular weight excluding hydrogens is 242 g/mol. The van der Waals surface area contributed by atoms with Crippen LogP contribution in [0.3, 0.4) is 0 Å². The van der Waals surface area contributed by atoms with E-state index in [2.05, 4.69) is 0 Å². The van der Waals surface area contributed by atoms with E-state index in [1.54, 1.807) is 12.1 Å². The Kier molecular flexibility index (Phi) is 2.54. The van der Waals surface area contributed by atoms with Crippen LogP contribution in [-0.2, 0) is 19.6 Å². The Morgan fingerprint density at radius 2 is 1.88 bits per heavy atom. The fourth-order valence-electron chi connectivity index (χ4n) is 1.93. The van der Waals surface area contributed by atoms with Gasteiger partial charge in [-0.25, -0.2) is 12.7 Å². The molecule has 90 valence electrons. The van der Waals surface area contributed by atoms with Gasteiger partial charge in [0.15, 0.2) is 0 Å². The van der Waals surface area contributed by atoms with Crippen LogP contribution in [0.15, 0.2) is 29.2 Å². The van der Waals surface area contributed by atoms with E-state index in [0.29, 0.717) is 4.31 Å². The molecule has 1 aliphatic rings. The summed E-state index contributed by atoms with van der Waals surface area (Å²) in [6, 6.07) is 6.09. The summed E-state index contributed by atoms with van der Waals surface area (Å²) in [6.45, 7) is 1.28. The first-order valence-corrected chi connectivity index (χ1v) is 6.43. The molecule has 0 N–H and O–H groups in total. The van der Waals surface area contributed by atoms with Crippen LogP contribution in [0.25, 0.3) is 0 Å². The van der Waals surface area contributed by atoms with Crippen LogP contribution in [0.1, 0.15) is 18.4 Å². The van der Waals surface area contributed by atoms with E-state index in [-0.39, 0.29) is 16.2 Å². The second kappa shape index (κ2) is 3.66. The van der Waals surface area contributed by atoms with Crippen molar-refractivity contribution >= 4 is 21.7 Å². The SMILES string of the molecule is CC(=O)C1C(=O)N(C)S(=O)(=O)c2ccccc21. The molecule has 1 aromatic carbocycles. The summed E-state index contributed by atoms with van der Waals surface area (Å²) in [6.07, 6.45) is 0. The number of benzene rings is 1. The van der Waals surface area contributed by atoms with Crippen LogP contribution < -0.4 is 0 Å². The van der Waals surface area contributed by atoms with Gasteiger partial charge in [-0.15, -0.1) is 0 Å². The number of nitrogens with zero attached hydrogens (tertiary/aromatic N) is 1. The highest BCUT2D eigenvalue weighted by molar-refractivity contribution is 7.89. The van der Waals surface area contributed by atoms with Gasteiger partial charge in [0, 0.05) is 7.05 Å². The van der Waals surface area contributed by atoms with Gasteiger partial charge in [-0.1, -0.05) is 18.2 Å². The fourth-order valence-corrected chi connectivity index (χ4v) is 3.30. The third-order valence-electron chi connectivity index (χ3n) is 2.83. The molecule has 5 nitrogen and oxygen atoms in total. The Hall–Kier alpha value is -1.69. The summed E-state index contributed by atoms with van der Waals surface area (Å²) in [4.78, 5) is 23.4. The molecule has 0 bridgehead atoms. The normalized spacial score (nSPS) is 22.1. The van der Waals surface area contributed by atoms with Gasteiger partial charge in [0.05, 0.1) is 4.90 Å². The predicted octanol–water partition coefficient (Wildman–Crippen LogP) is 0.520. The lowest BCUT2D eigenvalue weighted by molar-refractivity contribution is -0.133. The number of sulfonamides is 1. The maximum atomic E-state index is 12.0. The first kappa shape index (κ1) is 11.8. The Labute approximate surface area is 99.1 Å². The number of ketones is 1. The number of likely N-dealkylation sites (N-methyl/N-ethyl adjacent to an activating group) is 1. The molecule has 0 radical (unpaired) electrons. The zero-order chi connectivity index (χ0) is 12.8. The van der Waals surface area contributed by atoms with Crippen molar-refractivity contribution < 1.29 is 18.0 Å². The van der Waals surface area contributed by atoms with Crippen molar-refractivity contribution in [2.75, 3.05) is 7.05 Å². The van der Waals surface area contributed by atoms with Gasteiger partial charge in [0.1, 0.15) is 11.7 Å².